The average molecular weight is 205 g/mol. The van der Waals surface area contributed by atoms with Gasteiger partial charge in [-0.25, -0.2) is 0 Å². The molecule has 0 radical (unpaired) electrons. The first-order chi connectivity index (χ1) is 4.66. The molecule has 0 aromatic carbocycles. The Hall–Kier alpha value is -0.510. The third-order valence-electron chi connectivity index (χ3n) is 1.43. The van der Waals surface area contributed by atoms with Crippen LogP contribution in [-0.4, -0.2) is 16.9 Å². The minimum atomic E-state index is 0.639. The van der Waals surface area contributed by atoms with Crippen molar-refractivity contribution in [1.29, 1.82) is 0 Å². The van der Waals surface area contributed by atoms with Gasteiger partial charge in [0, 0.05) is 7.05 Å². The molecule has 0 spiro atoms. The highest BCUT2D eigenvalue weighted by atomic mass is 79.9. The highest BCUT2D eigenvalue weighted by Gasteiger charge is 2.08. The van der Waals surface area contributed by atoms with Crippen molar-refractivity contribution < 1.29 is 4.74 Å². The number of aromatic nitrogens is 2. The molecule has 56 valence electrons. The van der Waals surface area contributed by atoms with E-state index in [4.69, 9.17) is 4.74 Å². The quantitative estimate of drug-likeness (QED) is 0.694. The van der Waals surface area contributed by atoms with E-state index in [0.29, 0.717) is 5.88 Å². The third kappa shape index (κ3) is 1.03. The van der Waals surface area contributed by atoms with Crippen LogP contribution in [0.15, 0.2) is 4.47 Å². The Balaban J connectivity index is 3.17. The molecule has 1 heterocycles. The van der Waals surface area contributed by atoms with Crippen molar-refractivity contribution in [3.05, 3.63) is 10.2 Å². The van der Waals surface area contributed by atoms with Gasteiger partial charge in [-0.15, -0.1) is 5.10 Å². The summed E-state index contributed by atoms with van der Waals surface area (Å²) in [6, 6.07) is 0. The van der Waals surface area contributed by atoms with E-state index >= 15 is 0 Å². The summed E-state index contributed by atoms with van der Waals surface area (Å²) >= 11 is 3.35. The number of ether oxygens (including phenoxy) is 1. The predicted molar refractivity (Wildman–Crippen MR) is 42.2 cm³/mol. The standard InChI is InChI=1S/C6H9BrN2O/c1-4-5(7)6(10-3)8-9(4)2/h1-3H3. The fourth-order valence-corrected chi connectivity index (χ4v) is 1.18. The van der Waals surface area contributed by atoms with Gasteiger partial charge in [-0.1, -0.05) is 0 Å². The Morgan fingerprint density at radius 3 is 2.40 bits per heavy atom. The van der Waals surface area contributed by atoms with Gasteiger partial charge in [0.1, 0.15) is 4.47 Å². The Morgan fingerprint density at radius 1 is 1.60 bits per heavy atom. The second-order valence-electron chi connectivity index (χ2n) is 2.03. The molecule has 1 aromatic rings. The van der Waals surface area contributed by atoms with Crippen LogP contribution in [0, 0.1) is 6.92 Å². The van der Waals surface area contributed by atoms with Gasteiger partial charge in [0.15, 0.2) is 0 Å². The van der Waals surface area contributed by atoms with Crippen molar-refractivity contribution in [2.45, 2.75) is 6.92 Å². The largest absolute Gasteiger partial charge is 0.479 e. The van der Waals surface area contributed by atoms with Crippen molar-refractivity contribution in [2.75, 3.05) is 7.11 Å². The lowest BCUT2D eigenvalue weighted by molar-refractivity contribution is 0.389. The zero-order valence-electron chi connectivity index (χ0n) is 6.18. The first-order valence-corrected chi connectivity index (χ1v) is 3.69. The van der Waals surface area contributed by atoms with Crippen LogP contribution in [0.4, 0.5) is 0 Å². The second kappa shape index (κ2) is 2.62. The van der Waals surface area contributed by atoms with Crippen LogP contribution < -0.4 is 4.74 Å². The minimum absolute atomic E-state index is 0.639. The zero-order chi connectivity index (χ0) is 7.72. The number of aryl methyl sites for hydroxylation is 1. The van der Waals surface area contributed by atoms with Crippen molar-refractivity contribution in [2.24, 2.45) is 7.05 Å². The SMILES string of the molecule is COc1nn(C)c(C)c1Br. The minimum Gasteiger partial charge on any atom is -0.479 e. The summed E-state index contributed by atoms with van der Waals surface area (Å²) in [6.45, 7) is 1.97. The Bertz CT molecular complexity index is 244. The molecule has 0 aliphatic rings. The van der Waals surface area contributed by atoms with Crippen LogP contribution >= 0.6 is 15.9 Å². The van der Waals surface area contributed by atoms with E-state index in [1.54, 1.807) is 11.8 Å². The lowest BCUT2D eigenvalue weighted by atomic mass is 10.5. The van der Waals surface area contributed by atoms with Gasteiger partial charge >= 0.3 is 0 Å². The molecule has 0 saturated carbocycles. The molecule has 0 atom stereocenters. The summed E-state index contributed by atoms with van der Waals surface area (Å²) in [5.41, 5.74) is 1.07. The summed E-state index contributed by atoms with van der Waals surface area (Å²) in [4.78, 5) is 0. The van der Waals surface area contributed by atoms with Crippen molar-refractivity contribution in [3.63, 3.8) is 0 Å². The number of rotatable bonds is 1. The van der Waals surface area contributed by atoms with Crippen LogP contribution in [0.3, 0.4) is 0 Å². The Morgan fingerprint density at radius 2 is 2.20 bits per heavy atom. The van der Waals surface area contributed by atoms with Gasteiger partial charge < -0.3 is 4.74 Å². The van der Waals surface area contributed by atoms with Crippen LogP contribution in [0.25, 0.3) is 0 Å². The molecule has 1 rings (SSSR count). The van der Waals surface area contributed by atoms with Gasteiger partial charge in [0.2, 0.25) is 5.88 Å². The second-order valence-corrected chi connectivity index (χ2v) is 2.83. The average Bonchev–Trinajstić information content (AvgIpc) is 2.17. The number of hydrogen-bond donors (Lipinski definition) is 0. The lowest BCUT2D eigenvalue weighted by Crippen LogP contribution is -1.92. The van der Waals surface area contributed by atoms with Gasteiger partial charge in [-0.2, -0.15) is 0 Å². The molecule has 0 N–H and O–H groups in total. The summed E-state index contributed by atoms with van der Waals surface area (Å²) < 4.78 is 7.66. The highest BCUT2D eigenvalue weighted by molar-refractivity contribution is 9.10. The van der Waals surface area contributed by atoms with E-state index in [0.717, 1.165) is 10.2 Å². The van der Waals surface area contributed by atoms with Gasteiger partial charge in [-0.05, 0) is 22.9 Å². The lowest BCUT2D eigenvalue weighted by Gasteiger charge is -1.90. The molecule has 0 aliphatic carbocycles. The van der Waals surface area contributed by atoms with E-state index in [2.05, 4.69) is 21.0 Å². The molecule has 0 amide bonds. The topological polar surface area (TPSA) is 27.1 Å². The first kappa shape index (κ1) is 7.60. The monoisotopic (exact) mass is 204 g/mol. The summed E-state index contributed by atoms with van der Waals surface area (Å²) in [6.07, 6.45) is 0. The smallest absolute Gasteiger partial charge is 0.247 e. The molecule has 1 aromatic heterocycles. The molecule has 0 saturated heterocycles. The van der Waals surface area contributed by atoms with E-state index in [9.17, 15) is 0 Å². The highest BCUT2D eigenvalue weighted by Crippen LogP contribution is 2.25. The van der Waals surface area contributed by atoms with E-state index in [-0.39, 0.29) is 0 Å². The molecule has 10 heavy (non-hydrogen) atoms. The van der Waals surface area contributed by atoms with Crippen LogP contribution in [-0.2, 0) is 7.05 Å². The normalized spacial score (nSPS) is 10.0. The molecule has 0 unspecified atom stereocenters. The van der Waals surface area contributed by atoms with E-state index < -0.39 is 0 Å². The number of halogens is 1. The van der Waals surface area contributed by atoms with E-state index in [1.807, 2.05) is 14.0 Å². The van der Waals surface area contributed by atoms with Crippen molar-refractivity contribution in [1.82, 2.24) is 9.78 Å². The Labute approximate surface area is 68.1 Å². The fraction of sp³-hybridized carbons (Fsp3) is 0.500. The predicted octanol–water partition coefficient (Wildman–Crippen LogP) is 1.50. The third-order valence-corrected chi connectivity index (χ3v) is 2.34. The number of nitrogens with zero attached hydrogens (tertiary/aromatic N) is 2. The first-order valence-electron chi connectivity index (χ1n) is 2.90. The van der Waals surface area contributed by atoms with Crippen molar-refractivity contribution >= 4 is 15.9 Å². The summed E-state index contributed by atoms with van der Waals surface area (Å²) in [7, 11) is 3.48. The maximum atomic E-state index is 4.97. The zero-order valence-corrected chi connectivity index (χ0v) is 7.77. The van der Waals surface area contributed by atoms with E-state index in [1.165, 1.54) is 0 Å². The summed E-state index contributed by atoms with van der Waals surface area (Å²) in [5.74, 6) is 0.639. The molecule has 3 nitrogen and oxygen atoms in total. The van der Waals surface area contributed by atoms with Crippen LogP contribution in [0.2, 0.25) is 0 Å². The molecular weight excluding hydrogens is 196 g/mol. The molecular formula is C6H9BrN2O. The summed E-state index contributed by atoms with van der Waals surface area (Å²) in [5, 5.41) is 4.08. The molecule has 4 heteroatoms. The Kier molecular flexibility index (Phi) is 1.99. The van der Waals surface area contributed by atoms with Crippen molar-refractivity contribution in [3.8, 4) is 5.88 Å². The maximum Gasteiger partial charge on any atom is 0.247 e. The van der Waals surface area contributed by atoms with Crippen LogP contribution in [0.5, 0.6) is 5.88 Å². The number of hydrogen-bond acceptors (Lipinski definition) is 2. The van der Waals surface area contributed by atoms with Gasteiger partial charge in [0.25, 0.3) is 0 Å². The number of methoxy groups -OCH3 is 1. The van der Waals surface area contributed by atoms with Crippen LogP contribution in [0.1, 0.15) is 5.69 Å². The molecule has 0 aliphatic heterocycles. The van der Waals surface area contributed by atoms with Gasteiger partial charge in [0.05, 0.1) is 12.8 Å². The fourth-order valence-electron chi connectivity index (χ4n) is 0.682. The maximum absolute atomic E-state index is 4.97. The molecule has 0 bridgehead atoms. The van der Waals surface area contributed by atoms with Gasteiger partial charge in [-0.3, -0.25) is 4.68 Å². The molecule has 0 fully saturated rings.